The highest BCUT2D eigenvalue weighted by Crippen LogP contribution is 2.21. The zero-order chi connectivity index (χ0) is 19.7. The number of fused-ring (bicyclic) bond motifs is 1. The molecule has 0 unspecified atom stereocenters. The molecule has 0 atom stereocenters. The maximum atomic E-state index is 14.1. The topological polar surface area (TPSA) is 102 Å². The first-order valence-electron chi connectivity index (χ1n) is 7.89. The second kappa shape index (κ2) is 7.20. The zero-order valence-electron chi connectivity index (χ0n) is 13.9. The van der Waals surface area contributed by atoms with Crippen LogP contribution in [0.2, 0.25) is 5.02 Å². The lowest BCUT2D eigenvalue weighted by Gasteiger charge is -2.11. The van der Waals surface area contributed by atoms with Crippen LogP contribution in [0.3, 0.4) is 0 Å². The molecule has 0 fully saturated rings. The first-order chi connectivity index (χ1) is 12.8. The monoisotopic (exact) mass is 388 g/mol. The van der Waals surface area contributed by atoms with Crippen LogP contribution in [-0.2, 0) is 17.6 Å². The molecule has 2 heterocycles. The summed E-state index contributed by atoms with van der Waals surface area (Å²) in [6, 6.07) is 9.01. The van der Waals surface area contributed by atoms with Gasteiger partial charge in [-0.2, -0.15) is 0 Å². The standard InChI is InChI=1S/C19H14ClFN2O4/c20-14-3-1-2-11(17(14)21)6-10-4-5-15-12(8-16(22)24)7-13(19(26)27)18(25)23(15)9-10/h1-5,7,9H,6,8H2,(H2,22,24)(H,26,27). The molecular formula is C19H14ClFN2O4. The van der Waals surface area contributed by atoms with Crippen molar-refractivity contribution in [2.24, 2.45) is 5.73 Å². The highest BCUT2D eigenvalue weighted by atomic mass is 35.5. The number of amides is 1. The van der Waals surface area contributed by atoms with Crippen LogP contribution >= 0.6 is 11.6 Å². The number of carboxylic acid groups (broad SMARTS) is 1. The summed E-state index contributed by atoms with van der Waals surface area (Å²) in [6.07, 6.45) is 1.36. The van der Waals surface area contributed by atoms with E-state index in [2.05, 4.69) is 0 Å². The smallest absolute Gasteiger partial charge is 0.341 e. The Morgan fingerprint density at radius 3 is 2.59 bits per heavy atom. The molecule has 0 spiro atoms. The number of hydrogen-bond donors (Lipinski definition) is 2. The number of pyridine rings is 2. The number of nitrogens with two attached hydrogens (primary N) is 1. The molecule has 0 radical (unpaired) electrons. The Labute approximate surface area is 157 Å². The average Bonchev–Trinajstić information content (AvgIpc) is 2.61. The van der Waals surface area contributed by atoms with E-state index in [1.165, 1.54) is 12.3 Å². The van der Waals surface area contributed by atoms with Crippen molar-refractivity contribution in [3.8, 4) is 0 Å². The van der Waals surface area contributed by atoms with E-state index in [1.807, 2.05) is 0 Å². The Balaban J connectivity index is 2.17. The van der Waals surface area contributed by atoms with Gasteiger partial charge in [-0.3, -0.25) is 14.0 Å². The van der Waals surface area contributed by atoms with Crippen molar-refractivity contribution in [1.82, 2.24) is 4.40 Å². The summed E-state index contributed by atoms with van der Waals surface area (Å²) in [7, 11) is 0. The van der Waals surface area contributed by atoms with E-state index in [-0.39, 0.29) is 17.9 Å². The Bertz CT molecular complexity index is 1140. The first kappa shape index (κ1) is 18.6. The molecular weight excluding hydrogens is 375 g/mol. The second-order valence-electron chi connectivity index (χ2n) is 6.02. The number of benzene rings is 1. The van der Waals surface area contributed by atoms with Crippen molar-refractivity contribution in [2.75, 3.05) is 0 Å². The Hall–Kier alpha value is -3.19. The fourth-order valence-corrected chi connectivity index (χ4v) is 3.10. The summed E-state index contributed by atoms with van der Waals surface area (Å²) < 4.78 is 15.3. The number of nitrogens with zero attached hydrogens (tertiary/aromatic N) is 1. The number of aromatic carboxylic acids is 1. The highest BCUT2D eigenvalue weighted by molar-refractivity contribution is 6.30. The molecule has 6 nitrogen and oxygen atoms in total. The average molecular weight is 389 g/mol. The molecule has 3 N–H and O–H groups in total. The summed E-state index contributed by atoms with van der Waals surface area (Å²) in [5.74, 6) is -2.62. The van der Waals surface area contributed by atoms with Gasteiger partial charge in [0.25, 0.3) is 5.56 Å². The Kier molecular flexibility index (Phi) is 4.96. The van der Waals surface area contributed by atoms with Gasteiger partial charge in [-0.25, -0.2) is 9.18 Å². The van der Waals surface area contributed by atoms with Crippen molar-refractivity contribution in [3.63, 3.8) is 0 Å². The van der Waals surface area contributed by atoms with Crippen LogP contribution in [0.25, 0.3) is 5.52 Å². The SMILES string of the molecule is NC(=O)Cc1cc(C(=O)O)c(=O)n2cc(Cc3cccc(Cl)c3F)ccc12. The first-order valence-corrected chi connectivity index (χ1v) is 8.27. The summed E-state index contributed by atoms with van der Waals surface area (Å²) in [5.41, 5.74) is 5.57. The predicted molar refractivity (Wildman–Crippen MR) is 97.7 cm³/mol. The Morgan fingerprint density at radius 2 is 1.93 bits per heavy atom. The van der Waals surface area contributed by atoms with Gasteiger partial charge < -0.3 is 10.8 Å². The van der Waals surface area contributed by atoms with E-state index in [4.69, 9.17) is 17.3 Å². The van der Waals surface area contributed by atoms with Crippen LogP contribution in [0.5, 0.6) is 0 Å². The van der Waals surface area contributed by atoms with Crippen LogP contribution in [0.15, 0.2) is 47.4 Å². The van der Waals surface area contributed by atoms with E-state index in [0.29, 0.717) is 22.2 Å². The van der Waals surface area contributed by atoms with Gasteiger partial charge in [-0.15, -0.1) is 0 Å². The van der Waals surface area contributed by atoms with E-state index in [1.54, 1.807) is 24.3 Å². The quantitative estimate of drug-likeness (QED) is 0.700. The summed E-state index contributed by atoms with van der Waals surface area (Å²) in [4.78, 5) is 35.2. The van der Waals surface area contributed by atoms with Crippen molar-refractivity contribution in [2.45, 2.75) is 12.8 Å². The minimum Gasteiger partial charge on any atom is -0.477 e. The lowest BCUT2D eigenvalue weighted by atomic mass is 10.0. The molecule has 27 heavy (non-hydrogen) atoms. The molecule has 0 aliphatic rings. The molecule has 0 saturated heterocycles. The molecule has 0 bridgehead atoms. The number of halogens is 2. The van der Waals surface area contributed by atoms with Crippen LogP contribution in [0.4, 0.5) is 4.39 Å². The van der Waals surface area contributed by atoms with Gasteiger partial charge in [0.05, 0.1) is 17.0 Å². The highest BCUT2D eigenvalue weighted by Gasteiger charge is 2.16. The lowest BCUT2D eigenvalue weighted by molar-refractivity contribution is -0.117. The second-order valence-corrected chi connectivity index (χ2v) is 6.43. The molecule has 3 aromatic rings. The van der Waals surface area contributed by atoms with Crippen LogP contribution in [0, 0.1) is 5.82 Å². The van der Waals surface area contributed by atoms with Gasteiger partial charge in [0, 0.05) is 12.6 Å². The van der Waals surface area contributed by atoms with Gasteiger partial charge in [0.1, 0.15) is 11.4 Å². The molecule has 1 aromatic carbocycles. The van der Waals surface area contributed by atoms with Crippen LogP contribution in [-0.4, -0.2) is 21.4 Å². The molecule has 0 aliphatic heterocycles. The van der Waals surface area contributed by atoms with E-state index in [0.717, 1.165) is 10.5 Å². The van der Waals surface area contributed by atoms with E-state index in [9.17, 15) is 23.9 Å². The number of rotatable bonds is 5. The number of carbonyl (C=O) groups is 2. The van der Waals surface area contributed by atoms with E-state index < -0.39 is 28.8 Å². The fraction of sp³-hybridized carbons (Fsp3) is 0.105. The predicted octanol–water partition coefficient (Wildman–Crippen LogP) is 2.41. The normalized spacial score (nSPS) is 10.9. The third kappa shape index (κ3) is 3.68. The molecule has 1 amide bonds. The maximum Gasteiger partial charge on any atom is 0.341 e. The van der Waals surface area contributed by atoms with Crippen LogP contribution < -0.4 is 11.3 Å². The summed E-state index contributed by atoms with van der Waals surface area (Å²) in [5, 5.41) is 9.25. The van der Waals surface area contributed by atoms with Gasteiger partial charge in [-0.05, 0) is 34.9 Å². The van der Waals surface area contributed by atoms with Gasteiger partial charge >= 0.3 is 5.97 Å². The third-order valence-corrected chi connectivity index (χ3v) is 4.42. The molecule has 0 aliphatic carbocycles. The third-order valence-electron chi connectivity index (χ3n) is 4.13. The molecule has 2 aromatic heterocycles. The maximum absolute atomic E-state index is 14.1. The van der Waals surface area contributed by atoms with Crippen molar-refractivity contribution >= 4 is 29.0 Å². The zero-order valence-corrected chi connectivity index (χ0v) is 14.7. The minimum atomic E-state index is -1.41. The largest absolute Gasteiger partial charge is 0.477 e. The summed E-state index contributed by atoms with van der Waals surface area (Å²) >= 11 is 5.79. The van der Waals surface area contributed by atoms with Crippen molar-refractivity contribution < 1.29 is 19.1 Å². The number of hydrogen-bond acceptors (Lipinski definition) is 3. The number of carbonyl (C=O) groups excluding carboxylic acids is 1. The Morgan fingerprint density at radius 1 is 1.19 bits per heavy atom. The fourth-order valence-electron chi connectivity index (χ4n) is 2.91. The lowest BCUT2D eigenvalue weighted by Crippen LogP contribution is -2.25. The van der Waals surface area contributed by atoms with E-state index >= 15 is 0 Å². The number of carboxylic acids is 1. The van der Waals surface area contributed by atoms with Gasteiger partial charge in [-0.1, -0.05) is 29.8 Å². The van der Waals surface area contributed by atoms with Gasteiger partial charge in [0.15, 0.2) is 0 Å². The molecule has 0 saturated carbocycles. The molecule has 8 heteroatoms. The minimum absolute atomic E-state index is 0.0117. The van der Waals surface area contributed by atoms with Crippen LogP contribution in [0.1, 0.15) is 27.0 Å². The van der Waals surface area contributed by atoms with Crippen molar-refractivity contribution in [3.05, 3.63) is 86.0 Å². The molecule has 138 valence electrons. The summed E-state index contributed by atoms with van der Waals surface area (Å²) in [6.45, 7) is 0. The number of aromatic nitrogens is 1. The van der Waals surface area contributed by atoms with Crippen molar-refractivity contribution in [1.29, 1.82) is 0 Å². The number of primary amides is 1. The molecule has 3 rings (SSSR count). The van der Waals surface area contributed by atoms with Gasteiger partial charge in [0.2, 0.25) is 5.91 Å².